The van der Waals surface area contributed by atoms with E-state index in [1.807, 2.05) is 0 Å². The average Bonchev–Trinajstić information content (AvgIpc) is 2.34. The van der Waals surface area contributed by atoms with Crippen LogP contribution in [-0.2, 0) is 14.3 Å². The zero-order chi connectivity index (χ0) is 17.9. The highest BCUT2D eigenvalue weighted by atomic mass is 16.5. The molecule has 23 heavy (non-hydrogen) atoms. The summed E-state index contributed by atoms with van der Waals surface area (Å²) in [4.78, 5) is 30.7. The van der Waals surface area contributed by atoms with Crippen LogP contribution in [0, 0.1) is 0 Å². The van der Waals surface area contributed by atoms with Crippen molar-refractivity contribution in [3.8, 4) is 0 Å². The molecule has 1 fully saturated rings. The van der Waals surface area contributed by atoms with E-state index in [4.69, 9.17) is 4.74 Å². The molecule has 0 aromatic rings. The van der Waals surface area contributed by atoms with Gasteiger partial charge in [0.05, 0.1) is 6.01 Å². The third-order valence-corrected chi connectivity index (χ3v) is 3.71. The van der Waals surface area contributed by atoms with Crippen LogP contribution in [0.4, 0.5) is 0 Å². The number of carbonyl (C=O) groups excluding carboxylic acids is 2. The van der Waals surface area contributed by atoms with Gasteiger partial charge in [-0.1, -0.05) is 0 Å². The number of esters is 1. The van der Waals surface area contributed by atoms with Crippen molar-refractivity contribution in [1.82, 2.24) is 5.32 Å². The summed E-state index contributed by atoms with van der Waals surface area (Å²) in [5, 5.41) is 3.55. The summed E-state index contributed by atoms with van der Waals surface area (Å²) in [5.41, 5.74) is -1.27. The molecule has 6 heteroatoms. The first-order valence-electron chi connectivity index (χ1n) is 7.99. The van der Waals surface area contributed by atoms with Gasteiger partial charge < -0.3 is 14.8 Å². The zero-order valence-electron chi connectivity index (χ0n) is 15.3. The van der Waals surface area contributed by atoms with Gasteiger partial charge in [-0.3, -0.25) is 0 Å². The average molecular weight is 323 g/mol. The fraction of sp³-hybridized carbons (Fsp3) is 0.824. The van der Waals surface area contributed by atoms with Gasteiger partial charge in [-0.15, -0.1) is 0 Å². The third-order valence-electron chi connectivity index (χ3n) is 3.71. The van der Waals surface area contributed by atoms with E-state index < -0.39 is 17.6 Å². The minimum atomic E-state index is -1.08. The van der Waals surface area contributed by atoms with Crippen LogP contribution in [0.3, 0.4) is 0 Å². The van der Waals surface area contributed by atoms with Crippen LogP contribution < -0.4 is 5.32 Å². The molecule has 0 amide bonds. The summed E-state index contributed by atoms with van der Waals surface area (Å²) in [5.74, 6) is -0.405. The molecule has 0 radical (unpaired) electrons. The monoisotopic (exact) mass is 323 g/mol. The molecule has 0 spiro atoms. The van der Waals surface area contributed by atoms with Crippen molar-refractivity contribution in [3.63, 3.8) is 0 Å². The molecule has 1 aliphatic heterocycles. The van der Waals surface area contributed by atoms with Gasteiger partial charge >= 0.3 is 5.97 Å². The van der Waals surface area contributed by atoms with Crippen LogP contribution in [0.1, 0.15) is 61.3 Å². The smallest absolute Gasteiger partial charge is 0.334 e. The summed E-state index contributed by atoms with van der Waals surface area (Å²) in [6.45, 7) is 13.3. The van der Waals surface area contributed by atoms with Crippen molar-refractivity contribution in [3.05, 3.63) is 0 Å². The predicted molar refractivity (Wildman–Crippen MR) is 89.9 cm³/mol. The molecule has 6 nitrogen and oxygen atoms in total. The van der Waals surface area contributed by atoms with Crippen LogP contribution >= 0.6 is 0 Å². The van der Waals surface area contributed by atoms with Crippen molar-refractivity contribution >= 4 is 18.3 Å². The summed E-state index contributed by atoms with van der Waals surface area (Å²) >= 11 is 0. The van der Waals surface area contributed by atoms with E-state index in [1.165, 1.54) is 0 Å². The molecule has 0 aromatic heterocycles. The molecule has 130 valence electrons. The van der Waals surface area contributed by atoms with Crippen LogP contribution in [0.5, 0.6) is 0 Å². The zero-order valence-corrected chi connectivity index (χ0v) is 15.3. The molecular weight excluding hydrogens is 294 g/mol. The molecule has 1 unspecified atom stereocenters. The van der Waals surface area contributed by atoms with Gasteiger partial charge in [-0.25, -0.2) is 14.8 Å². The van der Waals surface area contributed by atoms with E-state index in [2.05, 4.69) is 49.0 Å². The highest BCUT2D eigenvalue weighted by molar-refractivity contribution is 5.81. The maximum Gasteiger partial charge on any atom is 0.334 e. The number of nitrogens with zero attached hydrogens (tertiary/aromatic N) is 2. The topological polar surface area (TPSA) is 80.1 Å². The van der Waals surface area contributed by atoms with E-state index in [0.29, 0.717) is 6.29 Å². The summed E-state index contributed by atoms with van der Waals surface area (Å²) in [6.07, 6.45) is 2.03. The fourth-order valence-electron chi connectivity index (χ4n) is 2.93. The number of rotatable bonds is 5. The highest BCUT2D eigenvalue weighted by Crippen LogP contribution is 2.31. The molecule has 1 rings (SSSR count). The van der Waals surface area contributed by atoms with Crippen LogP contribution in [0.2, 0.25) is 0 Å². The Morgan fingerprint density at radius 2 is 1.83 bits per heavy atom. The van der Waals surface area contributed by atoms with Gasteiger partial charge in [0.1, 0.15) is 18.4 Å². The fourth-order valence-corrected chi connectivity index (χ4v) is 2.93. The maximum absolute atomic E-state index is 12.4. The number of hydrogen-bond donors (Lipinski definition) is 1. The van der Waals surface area contributed by atoms with Crippen molar-refractivity contribution in [2.45, 2.75) is 90.1 Å². The molecule has 0 bridgehead atoms. The molecule has 1 aliphatic rings. The molecule has 1 atom stereocenters. The molecule has 1 N–H and O–H groups in total. The molecular formula is C17H29N3O3. The van der Waals surface area contributed by atoms with E-state index in [0.717, 1.165) is 12.8 Å². The van der Waals surface area contributed by atoms with E-state index >= 15 is 0 Å². The van der Waals surface area contributed by atoms with Crippen LogP contribution in [-0.4, -0.2) is 47.0 Å². The van der Waals surface area contributed by atoms with Crippen molar-refractivity contribution in [2.75, 3.05) is 0 Å². The van der Waals surface area contributed by atoms with Gasteiger partial charge in [0.15, 0.2) is 5.54 Å². The Hall–Kier alpha value is -1.52. The third kappa shape index (κ3) is 6.24. The lowest BCUT2D eigenvalue weighted by molar-refractivity contribution is -0.158. The second-order valence-corrected chi connectivity index (χ2v) is 8.10. The number of aliphatic imine (C=N–C) groups is 2. The Morgan fingerprint density at radius 3 is 2.30 bits per heavy atom. The van der Waals surface area contributed by atoms with E-state index in [1.54, 1.807) is 20.8 Å². The summed E-state index contributed by atoms with van der Waals surface area (Å²) in [6, 6.07) is 1.92. The lowest BCUT2D eigenvalue weighted by Gasteiger charge is -2.46. The first-order valence-corrected chi connectivity index (χ1v) is 7.99. The van der Waals surface area contributed by atoms with Gasteiger partial charge in [0, 0.05) is 23.9 Å². The van der Waals surface area contributed by atoms with Crippen LogP contribution in [0.15, 0.2) is 9.98 Å². The largest absolute Gasteiger partial charge is 0.460 e. The Morgan fingerprint density at radius 1 is 1.30 bits per heavy atom. The highest BCUT2D eigenvalue weighted by Gasteiger charge is 2.41. The quantitative estimate of drug-likeness (QED) is 0.478. The lowest BCUT2D eigenvalue weighted by atomic mass is 9.81. The van der Waals surface area contributed by atoms with Crippen molar-refractivity contribution in [1.29, 1.82) is 0 Å². The van der Waals surface area contributed by atoms with Gasteiger partial charge in [0.25, 0.3) is 0 Å². The second-order valence-electron chi connectivity index (χ2n) is 8.10. The van der Waals surface area contributed by atoms with Gasteiger partial charge in [-0.05, 0) is 48.5 Å². The van der Waals surface area contributed by atoms with Crippen molar-refractivity contribution < 1.29 is 14.3 Å². The Labute approximate surface area is 138 Å². The van der Waals surface area contributed by atoms with Gasteiger partial charge in [0.2, 0.25) is 0 Å². The number of aldehydes is 1. The summed E-state index contributed by atoms with van der Waals surface area (Å²) < 4.78 is 5.69. The predicted octanol–water partition coefficient (Wildman–Crippen LogP) is 2.38. The number of nitrogens with one attached hydrogen (secondary N) is 1. The molecule has 0 aromatic carbocycles. The lowest BCUT2D eigenvalue weighted by Crippen LogP contribution is -2.60. The first kappa shape index (κ1) is 19.5. The Bertz CT molecular complexity index is 501. The minimum Gasteiger partial charge on any atom is -0.460 e. The Kier molecular flexibility index (Phi) is 5.89. The number of carbonyl (C=O) groups is 2. The normalized spacial score (nSPS) is 21.7. The molecule has 0 aliphatic carbocycles. The minimum absolute atomic E-state index is 0.0963. The molecule has 1 heterocycles. The number of piperidine rings is 1. The van der Waals surface area contributed by atoms with Crippen molar-refractivity contribution in [2.24, 2.45) is 9.98 Å². The van der Waals surface area contributed by atoms with E-state index in [-0.39, 0.29) is 17.2 Å². The van der Waals surface area contributed by atoms with Gasteiger partial charge in [-0.2, -0.15) is 0 Å². The molecule has 1 saturated heterocycles. The maximum atomic E-state index is 12.4. The standard InChI is InChI=1S/C17H29N3O3/c1-12(10-21)18-11-19-17(6,7)14(22)23-13-8-15(2,3)20-16(4,5)9-13/h10,12-13,20H,8-9H2,1-7H3. The first-order chi connectivity index (χ1) is 10.4. The Balaban J connectivity index is 2.77. The summed E-state index contributed by atoms with van der Waals surface area (Å²) in [7, 11) is 0. The molecule has 0 saturated carbocycles. The second kappa shape index (κ2) is 6.93. The van der Waals surface area contributed by atoms with Crippen LogP contribution in [0.25, 0.3) is 0 Å². The SMILES string of the molecule is CC(C=O)N=C=NC(C)(C)C(=O)OC1CC(C)(C)NC(C)(C)C1. The number of hydrogen-bond acceptors (Lipinski definition) is 6. The van der Waals surface area contributed by atoms with E-state index in [9.17, 15) is 9.59 Å². The number of ether oxygens (including phenoxy) is 1.